The molecular weight excluding hydrogens is 194 g/mol. The van der Waals surface area contributed by atoms with Crippen LogP contribution in [0.5, 0.6) is 0 Å². The molecule has 7 nitrogen and oxygen atoms in total. The lowest BCUT2D eigenvalue weighted by Gasteiger charge is -2.10. The van der Waals surface area contributed by atoms with E-state index in [1.165, 1.54) is 6.92 Å². The molecule has 7 heteroatoms. The normalized spacial score (nSPS) is 11.2. The maximum atomic E-state index is 10.7. The summed E-state index contributed by atoms with van der Waals surface area (Å²) < 4.78 is 8.85. The molecule has 0 N–H and O–H groups in total. The van der Waals surface area contributed by atoms with Crippen molar-refractivity contribution >= 4 is 6.16 Å². The fourth-order valence-corrected chi connectivity index (χ4v) is 0.538. The molecule has 0 radical (unpaired) electrons. The van der Waals surface area contributed by atoms with Crippen molar-refractivity contribution in [2.45, 2.75) is 19.6 Å². The number of hydrogen-bond donors (Lipinski definition) is 0. The van der Waals surface area contributed by atoms with Crippen LogP contribution < -0.4 is 0 Å². The summed E-state index contributed by atoms with van der Waals surface area (Å²) in [6, 6.07) is 0. The minimum Gasteiger partial charge on any atom is -0.434 e. The maximum Gasteiger partial charge on any atom is 0.510 e. The molecule has 0 aliphatic rings. The zero-order valence-electron chi connectivity index (χ0n) is 7.67. The highest BCUT2D eigenvalue weighted by Crippen LogP contribution is 1.97. The van der Waals surface area contributed by atoms with Crippen molar-refractivity contribution in [2.24, 2.45) is 0 Å². The predicted molar refractivity (Wildman–Crippen MR) is 44.8 cm³/mol. The van der Waals surface area contributed by atoms with Gasteiger partial charge in [-0.05, 0) is 13.3 Å². The summed E-state index contributed by atoms with van der Waals surface area (Å²) in [6.45, 7) is 4.74. The molecule has 0 amide bonds. The summed E-state index contributed by atoms with van der Waals surface area (Å²) >= 11 is 0. The molecule has 0 saturated carbocycles. The largest absolute Gasteiger partial charge is 0.510 e. The van der Waals surface area contributed by atoms with Gasteiger partial charge in [0.25, 0.3) is 5.09 Å². The van der Waals surface area contributed by atoms with Crippen molar-refractivity contribution in [3.63, 3.8) is 0 Å². The zero-order chi connectivity index (χ0) is 11.0. The van der Waals surface area contributed by atoms with E-state index >= 15 is 0 Å². The van der Waals surface area contributed by atoms with Gasteiger partial charge in [0.15, 0.2) is 0 Å². The molecule has 0 heterocycles. The molecule has 1 unspecified atom stereocenters. The summed E-state index contributed by atoms with van der Waals surface area (Å²) in [7, 11) is 0. The van der Waals surface area contributed by atoms with E-state index in [2.05, 4.69) is 20.9 Å². The van der Waals surface area contributed by atoms with E-state index in [4.69, 9.17) is 0 Å². The molecule has 0 aromatic carbocycles. The minimum absolute atomic E-state index is 0.119. The predicted octanol–water partition coefficient (Wildman–Crippen LogP) is 1.27. The first-order chi connectivity index (χ1) is 6.56. The number of nitrogens with zero attached hydrogens (tertiary/aromatic N) is 1. The summed E-state index contributed by atoms with van der Waals surface area (Å²) in [5.74, 6) is 0. The lowest BCUT2D eigenvalue weighted by atomic mass is 10.5. The maximum absolute atomic E-state index is 10.7. The molecule has 0 saturated heterocycles. The Morgan fingerprint density at radius 1 is 1.71 bits per heavy atom. The van der Waals surface area contributed by atoms with Crippen molar-refractivity contribution in [2.75, 3.05) is 6.61 Å². The Morgan fingerprint density at radius 3 is 2.86 bits per heavy atom. The smallest absolute Gasteiger partial charge is 0.434 e. The number of hydrogen-bond acceptors (Lipinski definition) is 6. The zero-order valence-corrected chi connectivity index (χ0v) is 7.67. The number of rotatable bonds is 6. The second-order valence-corrected chi connectivity index (χ2v) is 2.19. The summed E-state index contributed by atoms with van der Waals surface area (Å²) in [5.41, 5.74) is 0. The number of carbonyl (C=O) groups excluding carboxylic acids is 1. The van der Waals surface area contributed by atoms with Gasteiger partial charge in [-0.25, -0.2) is 4.79 Å². The first kappa shape index (κ1) is 12.2. The van der Waals surface area contributed by atoms with Crippen LogP contribution in [-0.2, 0) is 14.3 Å². The Kier molecular flexibility index (Phi) is 5.84. The van der Waals surface area contributed by atoms with Gasteiger partial charge < -0.3 is 9.47 Å². The molecule has 0 spiro atoms. The number of ether oxygens (including phenoxy) is 2. The molecule has 0 rings (SSSR count). The Balaban J connectivity index is 3.60. The van der Waals surface area contributed by atoms with Gasteiger partial charge in [0.2, 0.25) is 6.29 Å². The SMILES string of the molecule is C=CCCOC(=O)OC(C)O[N+](=O)[O-]. The molecular formula is C7H11NO6. The average Bonchev–Trinajstić information content (AvgIpc) is 2.02. The highest BCUT2D eigenvalue weighted by atomic mass is 17.0. The Hall–Kier alpha value is -1.79. The Bertz CT molecular complexity index is 216. The molecule has 0 aromatic rings. The fourth-order valence-electron chi connectivity index (χ4n) is 0.538. The van der Waals surface area contributed by atoms with Gasteiger partial charge in [0.05, 0.1) is 6.61 Å². The molecule has 1 atom stereocenters. The lowest BCUT2D eigenvalue weighted by molar-refractivity contribution is -0.777. The topological polar surface area (TPSA) is 87.9 Å². The standard InChI is InChI=1S/C7H11NO6/c1-3-4-5-12-7(9)13-6(2)14-8(10)11/h3,6H,1,4-5H2,2H3. The average molecular weight is 205 g/mol. The van der Waals surface area contributed by atoms with Gasteiger partial charge in [-0.1, -0.05) is 6.08 Å². The van der Waals surface area contributed by atoms with E-state index in [1.54, 1.807) is 6.08 Å². The molecule has 0 fully saturated rings. The molecule has 80 valence electrons. The molecule has 14 heavy (non-hydrogen) atoms. The van der Waals surface area contributed by atoms with Gasteiger partial charge in [-0.2, -0.15) is 0 Å². The van der Waals surface area contributed by atoms with Crippen LogP contribution in [0, 0.1) is 10.1 Å². The monoisotopic (exact) mass is 205 g/mol. The third kappa shape index (κ3) is 6.89. The fraction of sp³-hybridized carbons (Fsp3) is 0.571. The van der Waals surface area contributed by atoms with E-state index in [0.29, 0.717) is 6.42 Å². The van der Waals surface area contributed by atoms with E-state index in [0.717, 1.165) is 0 Å². The van der Waals surface area contributed by atoms with Crippen LogP contribution in [0.15, 0.2) is 12.7 Å². The van der Waals surface area contributed by atoms with Gasteiger partial charge in [-0.3, -0.25) is 4.84 Å². The van der Waals surface area contributed by atoms with Gasteiger partial charge in [0, 0.05) is 0 Å². The quantitative estimate of drug-likeness (QED) is 0.162. The Morgan fingerprint density at radius 2 is 2.36 bits per heavy atom. The van der Waals surface area contributed by atoms with Crippen LogP contribution in [0.3, 0.4) is 0 Å². The van der Waals surface area contributed by atoms with Crippen LogP contribution >= 0.6 is 0 Å². The van der Waals surface area contributed by atoms with E-state index in [1.807, 2.05) is 0 Å². The highest BCUT2D eigenvalue weighted by molar-refractivity contribution is 5.59. The first-order valence-electron chi connectivity index (χ1n) is 3.81. The van der Waals surface area contributed by atoms with Gasteiger partial charge in [0.1, 0.15) is 0 Å². The third-order valence-electron chi connectivity index (χ3n) is 1.04. The highest BCUT2D eigenvalue weighted by Gasteiger charge is 2.13. The second-order valence-electron chi connectivity index (χ2n) is 2.19. The van der Waals surface area contributed by atoms with E-state index in [9.17, 15) is 14.9 Å². The van der Waals surface area contributed by atoms with E-state index in [-0.39, 0.29) is 6.61 Å². The first-order valence-corrected chi connectivity index (χ1v) is 3.81. The lowest BCUT2D eigenvalue weighted by Crippen LogP contribution is -2.21. The molecule has 0 aromatic heterocycles. The van der Waals surface area contributed by atoms with Crippen LogP contribution in [0.2, 0.25) is 0 Å². The van der Waals surface area contributed by atoms with Crippen molar-refractivity contribution in [1.82, 2.24) is 0 Å². The van der Waals surface area contributed by atoms with Crippen molar-refractivity contribution < 1.29 is 24.2 Å². The van der Waals surface area contributed by atoms with Crippen molar-refractivity contribution in [3.05, 3.63) is 22.8 Å². The molecule has 0 aliphatic carbocycles. The second kappa shape index (κ2) is 6.70. The summed E-state index contributed by atoms with van der Waals surface area (Å²) in [5, 5.41) is 8.74. The summed E-state index contributed by atoms with van der Waals surface area (Å²) in [4.78, 5) is 24.4. The van der Waals surface area contributed by atoms with Crippen molar-refractivity contribution in [1.29, 1.82) is 0 Å². The van der Waals surface area contributed by atoms with Gasteiger partial charge >= 0.3 is 6.16 Å². The van der Waals surface area contributed by atoms with Crippen LogP contribution in [0.1, 0.15) is 13.3 Å². The number of carbonyl (C=O) groups is 1. The van der Waals surface area contributed by atoms with Crippen LogP contribution in [0.4, 0.5) is 4.79 Å². The van der Waals surface area contributed by atoms with Crippen molar-refractivity contribution in [3.8, 4) is 0 Å². The Labute approximate surface area is 80.3 Å². The van der Waals surface area contributed by atoms with Gasteiger partial charge in [-0.15, -0.1) is 16.7 Å². The van der Waals surface area contributed by atoms with Crippen LogP contribution in [-0.4, -0.2) is 24.1 Å². The van der Waals surface area contributed by atoms with Crippen LogP contribution in [0.25, 0.3) is 0 Å². The molecule has 0 bridgehead atoms. The van der Waals surface area contributed by atoms with E-state index < -0.39 is 17.5 Å². The summed E-state index contributed by atoms with van der Waals surface area (Å²) in [6.07, 6.45) is -0.244. The third-order valence-corrected chi connectivity index (χ3v) is 1.04. The molecule has 0 aliphatic heterocycles. The minimum atomic E-state index is -1.28.